The maximum Gasteiger partial charge on any atom is 0.573 e. The minimum Gasteiger partial charge on any atom is -0.496 e. The Hall–Kier alpha value is -2.78. The van der Waals surface area contributed by atoms with Gasteiger partial charge in [-0.25, -0.2) is 0 Å². The van der Waals surface area contributed by atoms with Gasteiger partial charge in [0.25, 0.3) is 0 Å². The van der Waals surface area contributed by atoms with E-state index < -0.39 is 18.2 Å². The van der Waals surface area contributed by atoms with E-state index in [4.69, 9.17) is 4.74 Å². The van der Waals surface area contributed by atoms with E-state index in [-0.39, 0.29) is 36.3 Å². The van der Waals surface area contributed by atoms with Crippen molar-refractivity contribution >= 4 is 5.97 Å². The summed E-state index contributed by atoms with van der Waals surface area (Å²) in [5, 5.41) is 16.7. The third-order valence-electron chi connectivity index (χ3n) is 6.64. The number of carboxylic acid groups (broad SMARTS) is 1. The zero-order valence-electron chi connectivity index (χ0n) is 18.1. The van der Waals surface area contributed by atoms with E-state index in [1.807, 2.05) is 30.3 Å². The molecule has 1 aliphatic carbocycles. The van der Waals surface area contributed by atoms with Crippen LogP contribution in [0, 0.1) is 11.8 Å². The molecule has 4 rings (SSSR count). The molecule has 5 unspecified atom stereocenters. The Morgan fingerprint density at radius 2 is 1.94 bits per heavy atom. The Bertz CT molecular complexity index is 970. The minimum atomic E-state index is -4.78. The highest BCUT2D eigenvalue weighted by Gasteiger charge is 2.45. The minimum absolute atomic E-state index is 0.0321. The van der Waals surface area contributed by atoms with Gasteiger partial charge in [0, 0.05) is 30.2 Å². The molecule has 2 aromatic carbocycles. The van der Waals surface area contributed by atoms with Crippen LogP contribution in [0.5, 0.6) is 11.5 Å². The van der Waals surface area contributed by atoms with E-state index in [1.54, 1.807) is 0 Å². The molecule has 33 heavy (non-hydrogen) atoms. The van der Waals surface area contributed by atoms with Crippen LogP contribution in [0.15, 0.2) is 48.5 Å². The smallest absolute Gasteiger partial charge is 0.496 e. The number of benzene rings is 2. The number of piperidine rings is 1. The molecular weight excluding hydrogens is 437 g/mol. The van der Waals surface area contributed by atoms with E-state index in [2.05, 4.69) is 15.4 Å². The van der Waals surface area contributed by atoms with Crippen molar-refractivity contribution < 1.29 is 32.5 Å². The van der Waals surface area contributed by atoms with Gasteiger partial charge in [-0.1, -0.05) is 30.3 Å². The summed E-state index contributed by atoms with van der Waals surface area (Å²) in [6.07, 6.45) is -2.69. The molecular formula is C24H27F3N2O4. The van der Waals surface area contributed by atoms with Crippen LogP contribution in [0.2, 0.25) is 0 Å². The first-order valence-electron chi connectivity index (χ1n) is 10.9. The van der Waals surface area contributed by atoms with Crippen molar-refractivity contribution in [2.24, 2.45) is 11.8 Å². The number of rotatable bonds is 7. The van der Waals surface area contributed by atoms with Crippen molar-refractivity contribution in [1.29, 1.82) is 0 Å². The second kappa shape index (κ2) is 9.61. The first-order valence-corrected chi connectivity index (χ1v) is 10.9. The molecule has 2 aliphatic rings. The fraction of sp³-hybridized carbons (Fsp3) is 0.458. The summed E-state index contributed by atoms with van der Waals surface area (Å²) in [5.41, 5.74) is 1.59. The number of fused-ring (bicyclic) bond motifs is 2. The van der Waals surface area contributed by atoms with Crippen LogP contribution in [0.25, 0.3) is 0 Å². The van der Waals surface area contributed by atoms with Crippen LogP contribution in [-0.2, 0) is 11.3 Å². The first-order chi connectivity index (χ1) is 15.7. The fourth-order valence-corrected chi connectivity index (χ4v) is 5.18. The van der Waals surface area contributed by atoms with Crippen molar-refractivity contribution in [2.75, 3.05) is 7.11 Å². The molecule has 6 nitrogen and oxygen atoms in total. The quantitative estimate of drug-likeness (QED) is 0.568. The number of carbonyl (C=O) groups is 1. The Morgan fingerprint density at radius 1 is 1.18 bits per heavy atom. The van der Waals surface area contributed by atoms with Gasteiger partial charge in [-0.2, -0.15) is 0 Å². The SMILES string of the molecule is COc1ccc(OC(F)(F)F)cc1CNC1C2CCC(C(=O)O)C(C2)NC1c1ccccc1. The summed E-state index contributed by atoms with van der Waals surface area (Å²) in [6.45, 7) is 0.275. The molecule has 9 heteroatoms. The number of aliphatic carboxylic acids is 1. The van der Waals surface area contributed by atoms with E-state index in [9.17, 15) is 23.1 Å². The second-order valence-electron chi connectivity index (χ2n) is 8.61. The maximum absolute atomic E-state index is 12.7. The lowest BCUT2D eigenvalue weighted by Crippen LogP contribution is -2.60. The summed E-state index contributed by atoms with van der Waals surface area (Å²) in [4.78, 5) is 11.7. The summed E-state index contributed by atoms with van der Waals surface area (Å²) in [5.74, 6) is -0.814. The van der Waals surface area contributed by atoms with Gasteiger partial charge in [-0.05, 0) is 48.9 Å². The summed E-state index contributed by atoms with van der Waals surface area (Å²) in [6, 6.07) is 13.5. The molecule has 178 valence electrons. The average molecular weight is 464 g/mol. The highest BCUT2D eigenvalue weighted by atomic mass is 19.4. The van der Waals surface area contributed by atoms with Gasteiger partial charge >= 0.3 is 12.3 Å². The molecule has 2 aromatic rings. The van der Waals surface area contributed by atoms with Gasteiger partial charge in [0.2, 0.25) is 0 Å². The number of nitrogens with one attached hydrogen (secondary N) is 2. The second-order valence-corrected chi connectivity index (χ2v) is 8.61. The van der Waals surface area contributed by atoms with E-state index in [0.717, 1.165) is 18.4 Å². The van der Waals surface area contributed by atoms with Gasteiger partial charge in [0.15, 0.2) is 0 Å². The molecule has 2 fully saturated rings. The monoisotopic (exact) mass is 464 g/mol. The average Bonchev–Trinajstić information content (AvgIpc) is 2.78. The van der Waals surface area contributed by atoms with Crippen LogP contribution in [0.3, 0.4) is 0 Å². The lowest BCUT2D eigenvalue weighted by Gasteiger charge is -2.49. The van der Waals surface area contributed by atoms with Gasteiger partial charge in [0.05, 0.1) is 13.0 Å². The summed E-state index contributed by atoms with van der Waals surface area (Å²) >= 11 is 0. The first kappa shape index (κ1) is 23.4. The molecule has 1 saturated carbocycles. The van der Waals surface area contributed by atoms with Crippen LogP contribution < -0.4 is 20.1 Å². The third-order valence-corrected chi connectivity index (χ3v) is 6.64. The van der Waals surface area contributed by atoms with Crippen molar-refractivity contribution in [3.63, 3.8) is 0 Å². The lowest BCUT2D eigenvalue weighted by atomic mass is 9.69. The standard InChI is InChI=1S/C24H27F3N2O4/c1-32-20-10-8-17(33-24(25,26)27)11-16(20)13-28-21-15-7-9-18(23(30)31)19(12-15)29-22(21)14-5-3-2-4-6-14/h2-6,8,10-11,15,18-19,21-22,28-29H,7,9,12-13H2,1H3,(H,30,31). The maximum atomic E-state index is 12.7. The van der Waals surface area contributed by atoms with Crippen molar-refractivity contribution in [1.82, 2.24) is 10.6 Å². The number of hydrogen-bond donors (Lipinski definition) is 3. The Balaban J connectivity index is 1.57. The molecule has 0 amide bonds. The lowest BCUT2D eigenvalue weighted by molar-refractivity contribution is -0.274. The molecule has 3 N–H and O–H groups in total. The molecule has 1 heterocycles. The van der Waals surface area contributed by atoms with Crippen LogP contribution in [0.1, 0.15) is 36.4 Å². The summed E-state index contributed by atoms with van der Waals surface area (Å²) < 4.78 is 47.5. The molecule has 1 aliphatic heterocycles. The Kier molecular flexibility index (Phi) is 6.81. The van der Waals surface area contributed by atoms with Crippen molar-refractivity contribution in [3.05, 3.63) is 59.7 Å². The molecule has 1 saturated heterocycles. The van der Waals surface area contributed by atoms with Gasteiger partial charge in [-0.15, -0.1) is 13.2 Å². The number of ether oxygens (including phenoxy) is 2. The number of hydrogen-bond acceptors (Lipinski definition) is 5. The summed E-state index contributed by atoms with van der Waals surface area (Å²) in [7, 11) is 1.47. The van der Waals surface area contributed by atoms with E-state index in [0.29, 0.717) is 17.7 Å². The number of halogens is 3. The number of methoxy groups -OCH3 is 1. The number of carboxylic acids is 1. The Labute approximate surface area is 190 Å². The fourth-order valence-electron chi connectivity index (χ4n) is 5.18. The van der Waals surface area contributed by atoms with Gasteiger partial charge < -0.3 is 25.2 Å². The highest BCUT2D eigenvalue weighted by molar-refractivity contribution is 5.71. The van der Waals surface area contributed by atoms with Crippen LogP contribution in [-0.4, -0.2) is 36.6 Å². The number of alkyl halides is 3. The predicted octanol–water partition coefficient (Wildman–Crippen LogP) is 4.27. The Morgan fingerprint density at radius 3 is 2.61 bits per heavy atom. The van der Waals surface area contributed by atoms with Crippen LogP contribution in [0.4, 0.5) is 13.2 Å². The zero-order valence-corrected chi connectivity index (χ0v) is 18.1. The predicted molar refractivity (Wildman–Crippen MR) is 115 cm³/mol. The topological polar surface area (TPSA) is 79.8 Å². The normalized spacial score (nSPS) is 27.1. The van der Waals surface area contributed by atoms with Gasteiger partial charge in [-0.3, -0.25) is 4.79 Å². The molecule has 0 spiro atoms. The highest BCUT2D eigenvalue weighted by Crippen LogP contribution is 2.41. The van der Waals surface area contributed by atoms with Crippen LogP contribution >= 0.6 is 0 Å². The van der Waals surface area contributed by atoms with E-state index >= 15 is 0 Å². The zero-order chi connectivity index (χ0) is 23.6. The molecule has 5 atom stereocenters. The van der Waals surface area contributed by atoms with Gasteiger partial charge in [0.1, 0.15) is 11.5 Å². The molecule has 0 aromatic heterocycles. The largest absolute Gasteiger partial charge is 0.573 e. The molecule has 0 radical (unpaired) electrons. The molecule has 2 bridgehead atoms. The third kappa shape index (κ3) is 5.42. The van der Waals surface area contributed by atoms with Crippen molar-refractivity contribution in [2.45, 2.75) is 50.3 Å². The van der Waals surface area contributed by atoms with E-state index in [1.165, 1.54) is 25.3 Å². The van der Waals surface area contributed by atoms with Crippen molar-refractivity contribution in [3.8, 4) is 11.5 Å².